The number of fused-ring (bicyclic) bond motifs is 1. The maximum atomic E-state index is 4.44. The zero-order valence-corrected chi connectivity index (χ0v) is 16.3. The van der Waals surface area contributed by atoms with Gasteiger partial charge in [0.2, 0.25) is 5.95 Å². The fourth-order valence-electron chi connectivity index (χ4n) is 3.47. The maximum absolute atomic E-state index is 4.44. The molecule has 1 aromatic heterocycles. The fraction of sp³-hybridized carbons (Fsp3) is 0.304. The van der Waals surface area contributed by atoms with Crippen molar-refractivity contribution in [2.24, 2.45) is 0 Å². The summed E-state index contributed by atoms with van der Waals surface area (Å²) in [5, 5.41) is 7.86. The van der Waals surface area contributed by atoms with E-state index in [1.807, 2.05) is 4.68 Å². The van der Waals surface area contributed by atoms with Crippen LogP contribution in [0.3, 0.4) is 0 Å². The van der Waals surface area contributed by atoms with Crippen LogP contribution in [0.2, 0.25) is 0 Å². The van der Waals surface area contributed by atoms with E-state index in [4.69, 9.17) is 0 Å². The molecule has 4 nitrogen and oxygen atoms in total. The van der Waals surface area contributed by atoms with Crippen molar-refractivity contribution in [1.82, 2.24) is 14.8 Å². The predicted molar refractivity (Wildman–Crippen MR) is 111 cm³/mol. The lowest BCUT2D eigenvalue weighted by Crippen LogP contribution is -2.20. The van der Waals surface area contributed by atoms with E-state index in [1.54, 1.807) is 6.33 Å². The summed E-state index contributed by atoms with van der Waals surface area (Å²) in [5.74, 6) is 1.83. The molecule has 1 aliphatic rings. The fourth-order valence-corrected chi connectivity index (χ4v) is 3.47. The third-order valence-electron chi connectivity index (χ3n) is 5.24. The predicted octanol–water partition coefficient (Wildman–Crippen LogP) is 5.58. The lowest BCUT2D eigenvalue weighted by molar-refractivity contribution is 0.611. The van der Waals surface area contributed by atoms with Gasteiger partial charge in [-0.25, -0.2) is 4.68 Å². The number of aromatic nitrogens is 3. The van der Waals surface area contributed by atoms with Crippen molar-refractivity contribution in [3.8, 4) is 0 Å². The molecule has 138 valence electrons. The van der Waals surface area contributed by atoms with Crippen LogP contribution in [0.15, 0.2) is 60.9 Å². The molecule has 4 rings (SSSR count). The van der Waals surface area contributed by atoms with Crippen molar-refractivity contribution < 1.29 is 0 Å². The highest BCUT2D eigenvalue weighted by Crippen LogP contribution is 2.32. The van der Waals surface area contributed by atoms with Crippen molar-refractivity contribution in [3.05, 3.63) is 83.2 Å². The second kappa shape index (κ2) is 7.03. The number of rotatable bonds is 4. The number of allylic oxidation sites excluding steroid dienone is 1. The highest BCUT2D eigenvalue weighted by molar-refractivity contribution is 5.77. The molecule has 1 atom stereocenters. The monoisotopic (exact) mass is 358 g/mol. The first-order chi connectivity index (χ1) is 13.0. The van der Waals surface area contributed by atoms with Crippen LogP contribution >= 0.6 is 0 Å². The summed E-state index contributed by atoms with van der Waals surface area (Å²) < 4.78 is 1.94. The highest BCUT2D eigenvalue weighted by atomic mass is 15.4. The molecular weight excluding hydrogens is 332 g/mol. The summed E-state index contributed by atoms with van der Waals surface area (Å²) in [4.78, 5) is 4.40. The van der Waals surface area contributed by atoms with Crippen molar-refractivity contribution in [3.63, 3.8) is 0 Å². The van der Waals surface area contributed by atoms with Gasteiger partial charge in [0, 0.05) is 5.70 Å². The number of hydrogen-bond acceptors (Lipinski definition) is 3. The Morgan fingerprint density at radius 3 is 2.04 bits per heavy atom. The zero-order valence-electron chi connectivity index (χ0n) is 16.3. The third-order valence-corrected chi connectivity index (χ3v) is 5.24. The Hall–Kier alpha value is -2.88. The molecule has 0 saturated heterocycles. The van der Waals surface area contributed by atoms with Crippen molar-refractivity contribution in [2.75, 3.05) is 5.32 Å². The molecule has 2 aromatic carbocycles. The summed E-state index contributed by atoms with van der Waals surface area (Å²) in [6.45, 7) is 8.86. The van der Waals surface area contributed by atoms with E-state index in [0.717, 1.165) is 17.2 Å². The van der Waals surface area contributed by atoms with Gasteiger partial charge in [0.25, 0.3) is 0 Å². The Labute approximate surface area is 161 Å². The van der Waals surface area contributed by atoms with Crippen molar-refractivity contribution in [1.29, 1.82) is 0 Å². The Morgan fingerprint density at radius 1 is 0.852 bits per heavy atom. The standard InChI is InChI=1S/C23H26N4/c1-15(2)17-5-9-19(10-6-17)21-13-22(27-23(26-21)24-14-25-27)20-11-7-18(8-12-20)16(3)4/h5-16,22H,1-4H3,(H,24,25,26)/t22-/m1/s1. The van der Waals surface area contributed by atoms with E-state index in [0.29, 0.717) is 11.8 Å². The Bertz CT molecular complexity index is 947. The lowest BCUT2D eigenvalue weighted by Gasteiger charge is -2.25. The van der Waals surface area contributed by atoms with Crippen LogP contribution in [0, 0.1) is 0 Å². The molecule has 1 aliphatic heterocycles. The number of nitrogens with one attached hydrogen (secondary N) is 1. The molecule has 0 saturated carbocycles. The molecule has 3 aromatic rings. The van der Waals surface area contributed by atoms with Gasteiger partial charge < -0.3 is 5.32 Å². The smallest absolute Gasteiger partial charge is 0.226 e. The van der Waals surface area contributed by atoms with Crippen LogP contribution in [0.25, 0.3) is 5.70 Å². The number of nitrogens with zero attached hydrogens (tertiary/aromatic N) is 3. The summed E-state index contributed by atoms with van der Waals surface area (Å²) in [6, 6.07) is 17.6. The normalized spacial score (nSPS) is 16.2. The first kappa shape index (κ1) is 17.5. The summed E-state index contributed by atoms with van der Waals surface area (Å²) >= 11 is 0. The van der Waals surface area contributed by atoms with E-state index >= 15 is 0 Å². The summed E-state index contributed by atoms with van der Waals surface area (Å²) in [7, 11) is 0. The van der Waals surface area contributed by atoms with Crippen LogP contribution in [-0.2, 0) is 0 Å². The second-order valence-corrected chi connectivity index (χ2v) is 7.78. The summed E-state index contributed by atoms with van der Waals surface area (Å²) in [6.07, 6.45) is 3.84. The number of hydrogen-bond donors (Lipinski definition) is 1. The largest absolute Gasteiger partial charge is 0.324 e. The van der Waals surface area contributed by atoms with Crippen LogP contribution < -0.4 is 5.32 Å². The van der Waals surface area contributed by atoms with Crippen molar-refractivity contribution >= 4 is 11.6 Å². The van der Waals surface area contributed by atoms with Gasteiger partial charge in [0.15, 0.2) is 0 Å². The van der Waals surface area contributed by atoms with Gasteiger partial charge in [0.05, 0.1) is 0 Å². The Balaban J connectivity index is 1.71. The molecule has 0 fully saturated rings. The van der Waals surface area contributed by atoms with Crippen LogP contribution in [-0.4, -0.2) is 14.8 Å². The van der Waals surface area contributed by atoms with E-state index in [1.165, 1.54) is 16.7 Å². The van der Waals surface area contributed by atoms with Crippen LogP contribution in [0.1, 0.15) is 67.8 Å². The van der Waals surface area contributed by atoms with Gasteiger partial charge in [-0.3, -0.25) is 0 Å². The van der Waals surface area contributed by atoms with Gasteiger partial charge in [-0.15, -0.1) is 0 Å². The molecule has 4 heteroatoms. The van der Waals surface area contributed by atoms with Gasteiger partial charge in [-0.2, -0.15) is 10.1 Å². The molecule has 0 aliphatic carbocycles. The molecule has 1 N–H and O–H groups in total. The van der Waals surface area contributed by atoms with Gasteiger partial charge in [0.1, 0.15) is 12.4 Å². The average Bonchev–Trinajstić information content (AvgIpc) is 3.16. The van der Waals surface area contributed by atoms with Crippen LogP contribution in [0.4, 0.5) is 5.95 Å². The SMILES string of the molecule is CC(C)c1ccc(C2=C[C@H](c3ccc(C(C)C)cc3)n3ncnc3N2)cc1. The lowest BCUT2D eigenvalue weighted by atomic mass is 9.96. The van der Waals surface area contributed by atoms with Gasteiger partial charge in [-0.05, 0) is 40.2 Å². The molecular formula is C23H26N4. The highest BCUT2D eigenvalue weighted by Gasteiger charge is 2.23. The molecule has 0 amide bonds. The first-order valence-electron chi connectivity index (χ1n) is 9.61. The van der Waals surface area contributed by atoms with Crippen molar-refractivity contribution in [2.45, 2.75) is 45.6 Å². The number of benzene rings is 2. The summed E-state index contributed by atoms with van der Waals surface area (Å²) in [5.41, 5.74) is 6.14. The molecule has 0 spiro atoms. The minimum absolute atomic E-state index is 0.0322. The van der Waals surface area contributed by atoms with Gasteiger partial charge in [-0.1, -0.05) is 76.2 Å². The quantitative estimate of drug-likeness (QED) is 0.662. The molecule has 2 heterocycles. The molecule has 0 unspecified atom stereocenters. The van der Waals surface area contributed by atoms with E-state index in [-0.39, 0.29) is 6.04 Å². The van der Waals surface area contributed by atoms with E-state index in [9.17, 15) is 0 Å². The minimum atomic E-state index is 0.0322. The minimum Gasteiger partial charge on any atom is -0.324 e. The average molecular weight is 358 g/mol. The molecule has 0 bridgehead atoms. The topological polar surface area (TPSA) is 42.7 Å². The van der Waals surface area contributed by atoms with E-state index in [2.05, 4.69) is 97.7 Å². The zero-order chi connectivity index (χ0) is 19.0. The third kappa shape index (κ3) is 3.39. The molecule has 27 heavy (non-hydrogen) atoms. The Morgan fingerprint density at radius 2 is 1.44 bits per heavy atom. The van der Waals surface area contributed by atoms with Gasteiger partial charge >= 0.3 is 0 Å². The van der Waals surface area contributed by atoms with E-state index < -0.39 is 0 Å². The first-order valence-corrected chi connectivity index (χ1v) is 9.61. The second-order valence-electron chi connectivity index (χ2n) is 7.78. The number of anilines is 1. The van der Waals surface area contributed by atoms with Crippen LogP contribution in [0.5, 0.6) is 0 Å². The Kier molecular flexibility index (Phi) is 4.56. The molecule has 0 radical (unpaired) electrons. The maximum Gasteiger partial charge on any atom is 0.226 e.